The quantitative estimate of drug-likeness (QED) is 0.884. The van der Waals surface area contributed by atoms with E-state index in [1.54, 1.807) is 0 Å². The second-order valence-corrected chi connectivity index (χ2v) is 6.48. The van der Waals surface area contributed by atoms with E-state index in [0.29, 0.717) is 0 Å². The molecule has 0 bridgehead atoms. The van der Waals surface area contributed by atoms with Gasteiger partial charge in [-0.3, -0.25) is 4.79 Å². The van der Waals surface area contributed by atoms with E-state index in [9.17, 15) is 4.79 Å². The summed E-state index contributed by atoms with van der Waals surface area (Å²) in [5, 5.41) is 7.03. The van der Waals surface area contributed by atoms with Crippen LogP contribution in [-0.4, -0.2) is 19.0 Å². The normalized spacial score (nSPS) is 15.4. The molecule has 0 unspecified atom stereocenters. The van der Waals surface area contributed by atoms with E-state index in [4.69, 9.17) is 11.6 Å². The number of rotatable bonds is 3. The summed E-state index contributed by atoms with van der Waals surface area (Å²) in [7, 11) is 0. The first kappa shape index (κ1) is 16.0. The SMILES string of the molecule is Cc1ccc(Cl)c(-c2ccc(NC(=O)C3CCNCC3)cc2)c1. The van der Waals surface area contributed by atoms with Crippen molar-refractivity contribution >= 4 is 23.2 Å². The van der Waals surface area contributed by atoms with Gasteiger partial charge in [-0.2, -0.15) is 0 Å². The maximum absolute atomic E-state index is 12.3. The molecule has 120 valence electrons. The van der Waals surface area contributed by atoms with Crippen molar-refractivity contribution in [3.63, 3.8) is 0 Å². The third-order valence-corrected chi connectivity index (χ3v) is 4.62. The first-order valence-electron chi connectivity index (χ1n) is 8.01. The van der Waals surface area contributed by atoms with Gasteiger partial charge >= 0.3 is 0 Å². The van der Waals surface area contributed by atoms with E-state index in [1.807, 2.05) is 43.3 Å². The lowest BCUT2D eigenvalue weighted by Crippen LogP contribution is -2.34. The fourth-order valence-corrected chi connectivity index (χ4v) is 3.15. The van der Waals surface area contributed by atoms with Crippen LogP contribution in [0.4, 0.5) is 5.69 Å². The maximum atomic E-state index is 12.3. The Labute approximate surface area is 142 Å². The van der Waals surface area contributed by atoms with Crippen molar-refractivity contribution in [3.8, 4) is 11.1 Å². The molecule has 0 radical (unpaired) electrons. The number of benzene rings is 2. The topological polar surface area (TPSA) is 41.1 Å². The zero-order valence-corrected chi connectivity index (χ0v) is 14.0. The minimum Gasteiger partial charge on any atom is -0.326 e. The molecule has 2 aromatic rings. The number of anilines is 1. The van der Waals surface area contributed by atoms with Gasteiger partial charge in [0.2, 0.25) is 5.91 Å². The molecule has 1 fully saturated rings. The average Bonchev–Trinajstić information content (AvgIpc) is 2.58. The number of hydrogen-bond donors (Lipinski definition) is 2. The Hall–Kier alpha value is -1.84. The van der Waals surface area contributed by atoms with Gasteiger partial charge in [0.25, 0.3) is 0 Å². The molecule has 2 aromatic carbocycles. The molecule has 4 heteroatoms. The Bertz CT molecular complexity index is 691. The van der Waals surface area contributed by atoms with Crippen molar-refractivity contribution in [2.45, 2.75) is 19.8 Å². The Morgan fingerprint density at radius 2 is 1.83 bits per heavy atom. The van der Waals surface area contributed by atoms with E-state index in [1.165, 1.54) is 5.56 Å². The molecule has 1 heterocycles. The molecule has 0 atom stereocenters. The van der Waals surface area contributed by atoms with Crippen LogP contribution in [0.1, 0.15) is 18.4 Å². The minimum atomic E-state index is 0.113. The molecule has 0 spiro atoms. The van der Waals surface area contributed by atoms with Gasteiger partial charge in [-0.1, -0.05) is 35.4 Å². The Balaban J connectivity index is 1.71. The molecular weight excluding hydrogens is 308 g/mol. The number of hydrogen-bond acceptors (Lipinski definition) is 2. The van der Waals surface area contributed by atoms with Crippen LogP contribution in [0.15, 0.2) is 42.5 Å². The largest absolute Gasteiger partial charge is 0.326 e. The highest BCUT2D eigenvalue weighted by Crippen LogP contribution is 2.29. The summed E-state index contributed by atoms with van der Waals surface area (Å²) < 4.78 is 0. The zero-order chi connectivity index (χ0) is 16.2. The van der Waals surface area contributed by atoms with Crippen LogP contribution < -0.4 is 10.6 Å². The monoisotopic (exact) mass is 328 g/mol. The van der Waals surface area contributed by atoms with Crippen molar-refractivity contribution in [3.05, 3.63) is 53.1 Å². The van der Waals surface area contributed by atoms with Crippen molar-refractivity contribution in [2.24, 2.45) is 5.92 Å². The molecule has 2 N–H and O–H groups in total. The molecular formula is C19H21ClN2O. The van der Waals surface area contributed by atoms with E-state index in [2.05, 4.69) is 16.7 Å². The Kier molecular flexibility index (Phi) is 4.99. The van der Waals surface area contributed by atoms with Crippen molar-refractivity contribution < 1.29 is 4.79 Å². The molecule has 1 amide bonds. The van der Waals surface area contributed by atoms with Crippen LogP contribution in [0, 0.1) is 12.8 Å². The molecule has 1 aliphatic rings. The second kappa shape index (κ2) is 7.16. The van der Waals surface area contributed by atoms with E-state index < -0.39 is 0 Å². The Morgan fingerprint density at radius 3 is 2.52 bits per heavy atom. The summed E-state index contributed by atoms with van der Waals surface area (Å²) in [6.07, 6.45) is 1.81. The van der Waals surface area contributed by atoms with Crippen molar-refractivity contribution in [1.82, 2.24) is 5.32 Å². The predicted molar refractivity (Wildman–Crippen MR) is 95.8 cm³/mol. The smallest absolute Gasteiger partial charge is 0.227 e. The highest BCUT2D eigenvalue weighted by molar-refractivity contribution is 6.33. The number of piperidine rings is 1. The Morgan fingerprint density at radius 1 is 1.13 bits per heavy atom. The molecule has 0 saturated carbocycles. The molecule has 1 saturated heterocycles. The average molecular weight is 329 g/mol. The van der Waals surface area contributed by atoms with Crippen LogP contribution in [0.2, 0.25) is 5.02 Å². The second-order valence-electron chi connectivity index (χ2n) is 6.07. The number of amides is 1. The summed E-state index contributed by atoms with van der Waals surface area (Å²) in [5.41, 5.74) is 4.08. The molecule has 3 nitrogen and oxygen atoms in total. The van der Waals surface area contributed by atoms with Crippen LogP contribution in [0.5, 0.6) is 0 Å². The van der Waals surface area contributed by atoms with Gasteiger partial charge < -0.3 is 10.6 Å². The van der Waals surface area contributed by atoms with Crippen LogP contribution in [0.3, 0.4) is 0 Å². The van der Waals surface area contributed by atoms with Crippen molar-refractivity contribution in [2.75, 3.05) is 18.4 Å². The summed E-state index contributed by atoms with van der Waals surface area (Å²) in [6.45, 7) is 3.89. The van der Waals surface area contributed by atoms with Gasteiger partial charge in [0, 0.05) is 22.2 Å². The van der Waals surface area contributed by atoms with Gasteiger partial charge in [0.1, 0.15) is 0 Å². The van der Waals surface area contributed by atoms with Gasteiger partial charge in [-0.15, -0.1) is 0 Å². The fraction of sp³-hybridized carbons (Fsp3) is 0.316. The number of carbonyl (C=O) groups excluding carboxylic acids is 1. The van der Waals surface area contributed by atoms with Crippen LogP contribution in [0.25, 0.3) is 11.1 Å². The van der Waals surface area contributed by atoms with Crippen LogP contribution in [-0.2, 0) is 4.79 Å². The summed E-state index contributed by atoms with van der Waals surface area (Å²) in [4.78, 5) is 12.3. The van der Waals surface area contributed by atoms with Crippen LogP contribution >= 0.6 is 11.6 Å². The van der Waals surface area contributed by atoms with E-state index in [0.717, 1.165) is 47.8 Å². The number of nitrogens with one attached hydrogen (secondary N) is 2. The van der Waals surface area contributed by atoms with Crippen molar-refractivity contribution in [1.29, 1.82) is 0 Å². The summed E-state index contributed by atoms with van der Waals surface area (Å²) in [6, 6.07) is 13.9. The highest BCUT2D eigenvalue weighted by Gasteiger charge is 2.20. The lowest BCUT2D eigenvalue weighted by Gasteiger charge is -2.21. The first-order valence-corrected chi connectivity index (χ1v) is 8.39. The molecule has 23 heavy (non-hydrogen) atoms. The fourth-order valence-electron chi connectivity index (χ4n) is 2.92. The third-order valence-electron chi connectivity index (χ3n) is 4.30. The number of carbonyl (C=O) groups is 1. The van der Waals surface area contributed by atoms with Gasteiger partial charge in [0.15, 0.2) is 0 Å². The lowest BCUT2D eigenvalue weighted by atomic mass is 9.97. The summed E-state index contributed by atoms with van der Waals surface area (Å²) in [5.74, 6) is 0.231. The number of aryl methyl sites for hydroxylation is 1. The first-order chi connectivity index (χ1) is 11.1. The van der Waals surface area contributed by atoms with Gasteiger partial charge in [-0.05, 0) is 62.7 Å². The van der Waals surface area contributed by atoms with Gasteiger partial charge in [0.05, 0.1) is 0 Å². The lowest BCUT2D eigenvalue weighted by molar-refractivity contribution is -0.120. The third kappa shape index (κ3) is 3.92. The standard InChI is InChI=1S/C19H21ClN2O/c1-13-2-7-18(20)17(12-13)14-3-5-16(6-4-14)22-19(23)15-8-10-21-11-9-15/h2-7,12,15,21H,8-11H2,1H3,(H,22,23). The summed E-state index contributed by atoms with van der Waals surface area (Å²) >= 11 is 6.28. The predicted octanol–water partition coefficient (Wildman–Crippen LogP) is 4.25. The van der Waals surface area contributed by atoms with E-state index >= 15 is 0 Å². The molecule has 1 aliphatic heterocycles. The van der Waals surface area contributed by atoms with Gasteiger partial charge in [-0.25, -0.2) is 0 Å². The molecule has 0 aromatic heterocycles. The molecule has 0 aliphatic carbocycles. The maximum Gasteiger partial charge on any atom is 0.227 e. The highest BCUT2D eigenvalue weighted by atomic mass is 35.5. The minimum absolute atomic E-state index is 0.113. The zero-order valence-electron chi connectivity index (χ0n) is 13.2. The van der Waals surface area contributed by atoms with E-state index in [-0.39, 0.29) is 11.8 Å². The number of halogens is 1. The molecule has 3 rings (SSSR count).